The first-order valence-electron chi connectivity index (χ1n) is 9.17. The average Bonchev–Trinajstić information content (AvgIpc) is 2.60. The smallest absolute Gasteiger partial charge is 0.266 e. The Balaban J connectivity index is 2.11. The Morgan fingerprint density at radius 1 is 1.11 bits per heavy atom. The largest absolute Gasteiger partial charge is 0.371 e. The Morgan fingerprint density at radius 2 is 1.70 bits per heavy atom. The number of benzene rings is 1. The van der Waals surface area contributed by atoms with E-state index < -0.39 is 32.6 Å². The lowest BCUT2D eigenvalue weighted by molar-refractivity contribution is -0.126. The predicted octanol–water partition coefficient (Wildman–Crippen LogP) is 2.73. The Hall–Kier alpha value is -1.96. The number of sulfonamides is 1. The number of amides is 1. The van der Waals surface area contributed by atoms with Crippen LogP contribution in [0.15, 0.2) is 23.1 Å². The van der Waals surface area contributed by atoms with Crippen molar-refractivity contribution in [2.24, 2.45) is 17.8 Å². The minimum Gasteiger partial charge on any atom is -0.371 e. The highest BCUT2D eigenvalue weighted by atomic mass is 32.2. The topological polar surface area (TPSA) is 83.6 Å². The Labute approximate surface area is 160 Å². The molecular formula is C19H27FN2O4S. The number of anilines is 1. The quantitative estimate of drug-likeness (QED) is 0.797. The molecule has 1 heterocycles. The molecule has 1 amide bonds. The van der Waals surface area contributed by atoms with Crippen molar-refractivity contribution in [3.05, 3.63) is 24.0 Å². The van der Waals surface area contributed by atoms with Crippen LogP contribution in [0.3, 0.4) is 0 Å². The molecule has 0 spiro atoms. The van der Waals surface area contributed by atoms with Crippen molar-refractivity contribution < 1.29 is 22.4 Å². The van der Waals surface area contributed by atoms with Crippen molar-refractivity contribution in [2.75, 3.05) is 18.0 Å². The van der Waals surface area contributed by atoms with Gasteiger partial charge in [0.25, 0.3) is 10.0 Å². The summed E-state index contributed by atoms with van der Waals surface area (Å²) in [5.74, 6) is -1.84. The highest BCUT2D eigenvalue weighted by Crippen LogP contribution is 2.28. The third-order valence-electron chi connectivity index (χ3n) is 4.80. The van der Waals surface area contributed by atoms with Gasteiger partial charge >= 0.3 is 0 Å². The Kier molecular flexibility index (Phi) is 6.62. The summed E-state index contributed by atoms with van der Waals surface area (Å²) in [7, 11) is -4.25. The van der Waals surface area contributed by atoms with E-state index in [1.165, 1.54) is 18.2 Å². The monoisotopic (exact) mass is 398 g/mol. The summed E-state index contributed by atoms with van der Waals surface area (Å²) in [6.45, 7) is 8.11. The second-order valence-electron chi connectivity index (χ2n) is 7.56. The van der Waals surface area contributed by atoms with Gasteiger partial charge in [0.15, 0.2) is 0 Å². The van der Waals surface area contributed by atoms with Gasteiger partial charge in [0.1, 0.15) is 16.5 Å². The molecule has 1 aromatic carbocycles. The molecule has 6 nitrogen and oxygen atoms in total. The number of rotatable bonds is 6. The van der Waals surface area contributed by atoms with Crippen LogP contribution in [-0.2, 0) is 19.6 Å². The molecule has 1 aliphatic heterocycles. The number of hydrogen-bond acceptors (Lipinski definition) is 5. The average molecular weight is 399 g/mol. The molecule has 2 rings (SSSR count). The number of nitrogens with zero attached hydrogens (tertiary/aromatic N) is 1. The maximum atomic E-state index is 14.5. The van der Waals surface area contributed by atoms with E-state index in [1.54, 1.807) is 13.8 Å². The number of hydrogen-bond donors (Lipinski definition) is 1. The normalized spacial score (nSPS) is 16.0. The molecule has 150 valence electrons. The van der Waals surface area contributed by atoms with Gasteiger partial charge in [-0.3, -0.25) is 9.59 Å². The first-order chi connectivity index (χ1) is 12.5. The SMILES string of the molecule is CC(C)C(=O)NS(=O)(=O)c1ccc(N2CCC(C(=O)C(C)C)CC2)cc1F. The summed E-state index contributed by atoms with van der Waals surface area (Å²) >= 11 is 0. The molecule has 1 aromatic rings. The molecule has 1 N–H and O–H groups in total. The number of carbonyl (C=O) groups excluding carboxylic acids is 2. The fourth-order valence-corrected chi connectivity index (χ4v) is 4.28. The molecule has 0 unspecified atom stereocenters. The van der Waals surface area contributed by atoms with E-state index in [2.05, 4.69) is 0 Å². The summed E-state index contributed by atoms with van der Waals surface area (Å²) in [4.78, 5) is 25.1. The first-order valence-corrected chi connectivity index (χ1v) is 10.7. The van der Waals surface area contributed by atoms with Gasteiger partial charge in [-0.25, -0.2) is 17.5 Å². The lowest BCUT2D eigenvalue weighted by Crippen LogP contribution is -2.37. The van der Waals surface area contributed by atoms with Crippen LogP contribution in [0.5, 0.6) is 0 Å². The number of Topliss-reactive ketones (excluding diaryl/α,β-unsaturated/α-hetero) is 1. The molecule has 0 atom stereocenters. The molecule has 0 aromatic heterocycles. The number of piperidine rings is 1. The third kappa shape index (κ3) is 5.06. The van der Waals surface area contributed by atoms with Crippen LogP contribution in [0.25, 0.3) is 0 Å². The van der Waals surface area contributed by atoms with Crippen molar-refractivity contribution in [3.8, 4) is 0 Å². The number of nitrogens with one attached hydrogen (secondary N) is 1. The van der Waals surface area contributed by atoms with Crippen LogP contribution in [-0.4, -0.2) is 33.2 Å². The number of carbonyl (C=O) groups is 2. The standard InChI is InChI=1S/C19H27FN2O4S/c1-12(2)18(23)14-7-9-22(10-8-14)15-5-6-17(16(20)11-15)27(25,26)21-19(24)13(3)4/h5-6,11-14H,7-10H2,1-4H3,(H,21,24). The maximum Gasteiger partial charge on any atom is 0.266 e. The van der Waals surface area contributed by atoms with Crippen LogP contribution in [0.1, 0.15) is 40.5 Å². The Bertz CT molecular complexity index is 813. The molecule has 1 aliphatic rings. The van der Waals surface area contributed by atoms with Gasteiger partial charge in [-0.2, -0.15) is 0 Å². The molecule has 27 heavy (non-hydrogen) atoms. The molecule has 0 saturated carbocycles. The highest BCUT2D eigenvalue weighted by Gasteiger charge is 2.28. The van der Waals surface area contributed by atoms with Crippen LogP contribution < -0.4 is 9.62 Å². The lowest BCUT2D eigenvalue weighted by atomic mass is 9.87. The van der Waals surface area contributed by atoms with E-state index in [-0.39, 0.29) is 17.6 Å². The molecule has 0 radical (unpaired) electrons. The van der Waals surface area contributed by atoms with Crippen molar-refractivity contribution in [1.82, 2.24) is 4.72 Å². The van der Waals surface area contributed by atoms with Crippen LogP contribution in [0.4, 0.5) is 10.1 Å². The van der Waals surface area contributed by atoms with Crippen molar-refractivity contribution in [3.63, 3.8) is 0 Å². The van der Waals surface area contributed by atoms with Crippen LogP contribution >= 0.6 is 0 Å². The Morgan fingerprint density at radius 3 is 2.19 bits per heavy atom. The van der Waals surface area contributed by atoms with Gasteiger partial charge in [-0.05, 0) is 31.0 Å². The van der Waals surface area contributed by atoms with E-state index >= 15 is 0 Å². The zero-order valence-electron chi connectivity index (χ0n) is 16.2. The van der Waals surface area contributed by atoms with E-state index in [0.717, 1.165) is 0 Å². The summed E-state index contributed by atoms with van der Waals surface area (Å²) in [5.41, 5.74) is 0.567. The zero-order chi connectivity index (χ0) is 20.4. The molecule has 1 saturated heterocycles. The van der Waals surface area contributed by atoms with Gasteiger partial charge in [0.2, 0.25) is 5.91 Å². The van der Waals surface area contributed by atoms with Gasteiger partial charge in [0, 0.05) is 36.5 Å². The second kappa shape index (κ2) is 8.37. The minimum atomic E-state index is -4.25. The van der Waals surface area contributed by atoms with E-state index in [0.29, 0.717) is 31.6 Å². The molecule has 1 fully saturated rings. The van der Waals surface area contributed by atoms with E-state index in [1.807, 2.05) is 23.5 Å². The predicted molar refractivity (Wildman–Crippen MR) is 101 cm³/mol. The number of halogens is 1. The van der Waals surface area contributed by atoms with Crippen molar-refractivity contribution in [2.45, 2.75) is 45.4 Å². The third-order valence-corrected chi connectivity index (χ3v) is 6.18. The fourth-order valence-electron chi connectivity index (χ4n) is 3.10. The van der Waals surface area contributed by atoms with Crippen molar-refractivity contribution in [1.29, 1.82) is 0 Å². The maximum absolute atomic E-state index is 14.5. The first kappa shape index (κ1) is 21.3. The summed E-state index contributed by atoms with van der Waals surface area (Å²) in [5, 5.41) is 0. The highest BCUT2D eigenvalue weighted by molar-refractivity contribution is 7.90. The van der Waals surface area contributed by atoms with Crippen LogP contribution in [0, 0.1) is 23.6 Å². The van der Waals surface area contributed by atoms with E-state index in [9.17, 15) is 22.4 Å². The summed E-state index contributed by atoms with van der Waals surface area (Å²) in [6.07, 6.45) is 1.40. The lowest BCUT2D eigenvalue weighted by Gasteiger charge is -2.33. The molecular weight excluding hydrogens is 371 g/mol. The summed E-state index contributed by atoms with van der Waals surface area (Å²) in [6, 6.07) is 3.87. The van der Waals surface area contributed by atoms with Gasteiger partial charge in [-0.15, -0.1) is 0 Å². The fraction of sp³-hybridized carbons (Fsp3) is 0.579. The molecule has 0 aliphatic carbocycles. The second-order valence-corrected chi connectivity index (χ2v) is 9.21. The zero-order valence-corrected chi connectivity index (χ0v) is 17.0. The van der Waals surface area contributed by atoms with E-state index in [4.69, 9.17) is 0 Å². The van der Waals surface area contributed by atoms with Crippen molar-refractivity contribution >= 4 is 27.4 Å². The molecule has 0 bridgehead atoms. The van der Waals surface area contributed by atoms with Gasteiger partial charge in [0.05, 0.1) is 0 Å². The number of ketones is 1. The minimum absolute atomic E-state index is 0.00420. The van der Waals surface area contributed by atoms with Gasteiger partial charge < -0.3 is 4.90 Å². The van der Waals surface area contributed by atoms with Gasteiger partial charge in [-0.1, -0.05) is 27.7 Å². The van der Waals surface area contributed by atoms with Crippen LogP contribution in [0.2, 0.25) is 0 Å². The molecule has 8 heteroatoms. The summed E-state index contributed by atoms with van der Waals surface area (Å²) < 4.78 is 40.8.